The molecule has 158 valence electrons. The van der Waals surface area contributed by atoms with Gasteiger partial charge in [0.15, 0.2) is 0 Å². The van der Waals surface area contributed by atoms with Crippen LogP contribution in [0.4, 0.5) is 4.79 Å². The second-order valence-electron chi connectivity index (χ2n) is 7.65. The van der Waals surface area contributed by atoms with Crippen LogP contribution in [0.25, 0.3) is 0 Å². The van der Waals surface area contributed by atoms with Gasteiger partial charge in [-0.15, -0.1) is 0 Å². The molecule has 2 atom stereocenters. The summed E-state index contributed by atoms with van der Waals surface area (Å²) < 4.78 is 5.26. The fraction of sp³-hybridized carbons (Fsp3) is 0.500. The summed E-state index contributed by atoms with van der Waals surface area (Å²) in [7, 11) is 0. The summed E-state index contributed by atoms with van der Waals surface area (Å²) >= 11 is 0. The summed E-state index contributed by atoms with van der Waals surface area (Å²) in [5.41, 5.74) is 0.878. The molecule has 1 aromatic rings. The molecular weight excluding hydrogens is 370 g/mol. The minimum atomic E-state index is -0.684. The van der Waals surface area contributed by atoms with Gasteiger partial charge in [0, 0.05) is 18.7 Å². The van der Waals surface area contributed by atoms with Crippen LogP contribution >= 0.6 is 0 Å². The molecular formula is C22H31N3O4. The predicted octanol–water partition coefficient (Wildman–Crippen LogP) is 2.67. The number of carbonyl (C=O) groups is 3. The average Bonchev–Trinajstić information content (AvgIpc) is 2.69. The van der Waals surface area contributed by atoms with E-state index in [-0.39, 0.29) is 24.5 Å². The molecule has 0 saturated heterocycles. The molecule has 1 aliphatic rings. The van der Waals surface area contributed by atoms with Gasteiger partial charge in [0.05, 0.1) is 0 Å². The van der Waals surface area contributed by atoms with Crippen molar-refractivity contribution >= 4 is 17.9 Å². The molecule has 0 saturated carbocycles. The van der Waals surface area contributed by atoms with Crippen molar-refractivity contribution < 1.29 is 19.1 Å². The van der Waals surface area contributed by atoms with Crippen LogP contribution in [0.1, 0.15) is 45.1 Å². The first kappa shape index (κ1) is 22.5. The lowest BCUT2D eigenvalue weighted by molar-refractivity contribution is -0.124. The number of benzene rings is 1. The zero-order chi connectivity index (χ0) is 21.1. The van der Waals surface area contributed by atoms with Gasteiger partial charge in [-0.2, -0.15) is 0 Å². The Labute approximate surface area is 172 Å². The minimum Gasteiger partial charge on any atom is -0.445 e. The number of ether oxygens (including phenoxy) is 1. The van der Waals surface area contributed by atoms with Crippen LogP contribution in [-0.4, -0.2) is 36.5 Å². The Hall–Kier alpha value is -2.83. The smallest absolute Gasteiger partial charge is 0.408 e. The van der Waals surface area contributed by atoms with Crippen molar-refractivity contribution in [3.8, 4) is 0 Å². The molecule has 0 aliphatic carbocycles. The molecule has 0 aromatic heterocycles. The number of hydrogen-bond donors (Lipinski definition) is 3. The molecule has 3 amide bonds. The highest BCUT2D eigenvalue weighted by Gasteiger charge is 2.24. The van der Waals surface area contributed by atoms with Gasteiger partial charge in [-0.05, 0) is 37.2 Å². The highest BCUT2D eigenvalue weighted by molar-refractivity contribution is 5.88. The normalized spacial score (nSPS) is 21.9. The molecule has 0 radical (unpaired) electrons. The number of rotatable bonds is 5. The summed E-state index contributed by atoms with van der Waals surface area (Å²) in [6.07, 6.45) is 5.13. The Kier molecular flexibility index (Phi) is 9.21. The number of nitrogens with one attached hydrogen (secondary N) is 3. The van der Waals surface area contributed by atoms with Gasteiger partial charge in [0.25, 0.3) is 0 Å². The van der Waals surface area contributed by atoms with Crippen LogP contribution in [0.3, 0.4) is 0 Å². The molecule has 0 spiro atoms. The SMILES string of the molecule is CC(C)C[C@H]1/C=C\C(=O)NCCCC[C@H](NC(=O)OCc2ccccc2)C(=O)N1. The van der Waals surface area contributed by atoms with Crippen molar-refractivity contribution in [3.63, 3.8) is 0 Å². The molecule has 1 aromatic carbocycles. The van der Waals surface area contributed by atoms with Crippen molar-refractivity contribution in [2.24, 2.45) is 5.92 Å². The molecule has 29 heavy (non-hydrogen) atoms. The molecule has 7 heteroatoms. The molecule has 2 rings (SSSR count). The first-order chi connectivity index (χ1) is 13.9. The fourth-order valence-corrected chi connectivity index (χ4v) is 3.10. The van der Waals surface area contributed by atoms with E-state index in [0.717, 1.165) is 12.0 Å². The monoisotopic (exact) mass is 401 g/mol. The zero-order valence-corrected chi connectivity index (χ0v) is 17.1. The van der Waals surface area contributed by atoms with E-state index in [0.29, 0.717) is 31.7 Å². The lowest BCUT2D eigenvalue weighted by Gasteiger charge is -2.23. The van der Waals surface area contributed by atoms with Crippen LogP contribution < -0.4 is 16.0 Å². The number of amides is 3. The van der Waals surface area contributed by atoms with Crippen molar-refractivity contribution in [3.05, 3.63) is 48.0 Å². The van der Waals surface area contributed by atoms with Crippen LogP contribution in [0.2, 0.25) is 0 Å². The Morgan fingerprint density at radius 1 is 1.21 bits per heavy atom. The Bertz CT molecular complexity index is 703. The van der Waals surface area contributed by atoms with E-state index in [9.17, 15) is 14.4 Å². The van der Waals surface area contributed by atoms with Gasteiger partial charge >= 0.3 is 6.09 Å². The maximum atomic E-state index is 12.8. The summed E-state index contributed by atoms with van der Waals surface area (Å²) in [4.78, 5) is 36.8. The maximum absolute atomic E-state index is 12.8. The Morgan fingerprint density at radius 3 is 2.69 bits per heavy atom. The molecule has 0 fully saturated rings. The second-order valence-corrected chi connectivity index (χ2v) is 7.65. The fourth-order valence-electron chi connectivity index (χ4n) is 3.10. The first-order valence-corrected chi connectivity index (χ1v) is 10.2. The summed E-state index contributed by atoms with van der Waals surface area (Å²) in [6.45, 7) is 4.77. The molecule has 1 heterocycles. The third kappa shape index (κ3) is 8.81. The number of carbonyl (C=O) groups excluding carboxylic acids is 3. The zero-order valence-electron chi connectivity index (χ0n) is 17.1. The van der Waals surface area contributed by atoms with E-state index in [2.05, 4.69) is 16.0 Å². The standard InChI is InChI=1S/C22H31N3O4/c1-16(2)14-18-11-12-20(26)23-13-7-6-10-19(21(27)24-18)25-22(28)29-15-17-8-4-3-5-9-17/h3-5,8-9,11-12,16,18-19H,6-7,10,13-15H2,1-2H3,(H,23,26)(H,24,27)(H,25,28)/b12-11-/t18-,19+/m1/s1. The van der Waals surface area contributed by atoms with Gasteiger partial charge in [-0.25, -0.2) is 4.79 Å². The highest BCUT2D eigenvalue weighted by Crippen LogP contribution is 2.09. The lowest BCUT2D eigenvalue weighted by atomic mass is 10.0. The molecule has 0 unspecified atom stereocenters. The second kappa shape index (κ2) is 11.9. The van der Waals surface area contributed by atoms with E-state index in [4.69, 9.17) is 4.74 Å². The minimum absolute atomic E-state index is 0.145. The Morgan fingerprint density at radius 2 is 1.97 bits per heavy atom. The molecule has 3 N–H and O–H groups in total. The molecule has 1 aliphatic heterocycles. The van der Waals surface area contributed by atoms with Crippen LogP contribution in [0.5, 0.6) is 0 Å². The largest absolute Gasteiger partial charge is 0.445 e. The topological polar surface area (TPSA) is 96.5 Å². The van der Waals surface area contributed by atoms with Gasteiger partial charge < -0.3 is 20.7 Å². The molecule has 7 nitrogen and oxygen atoms in total. The average molecular weight is 402 g/mol. The predicted molar refractivity (Wildman–Crippen MR) is 111 cm³/mol. The van der Waals surface area contributed by atoms with Crippen LogP contribution in [0.15, 0.2) is 42.5 Å². The molecule has 0 bridgehead atoms. The van der Waals surface area contributed by atoms with E-state index in [1.807, 2.05) is 44.2 Å². The number of alkyl carbamates (subject to hydrolysis) is 1. The van der Waals surface area contributed by atoms with Crippen LogP contribution in [-0.2, 0) is 20.9 Å². The first-order valence-electron chi connectivity index (χ1n) is 10.2. The third-order valence-electron chi connectivity index (χ3n) is 4.57. The van der Waals surface area contributed by atoms with Crippen molar-refractivity contribution in [1.82, 2.24) is 16.0 Å². The highest BCUT2D eigenvalue weighted by atomic mass is 16.5. The maximum Gasteiger partial charge on any atom is 0.408 e. The van der Waals surface area contributed by atoms with E-state index < -0.39 is 12.1 Å². The van der Waals surface area contributed by atoms with E-state index >= 15 is 0 Å². The number of hydrogen-bond acceptors (Lipinski definition) is 4. The summed E-state index contributed by atoms with van der Waals surface area (Å²) in [6, 6.07) is 8.41. The summed E-state index contributed by atoms with van der Waals surface area (Å²) in [5, 5.41) is 8.46. The Balaban J connectivity index is 1.99. The van der Waals surface area contributed by atoms with Crippen molar-refractivity contribution in [1.29, 1.82) is 0 Å². The van der Waals surface area contributed by atoms with E-state index in [1.54, 1.807) is 6.08 Å². The van der Waals surface area contributed by atoms with Gasteiger partial charge in [-0.1, -0.05) is 50.3 Å². The van der Waals surface area contributed by atoms with Gasteiger partial charge in [0.1, 0.15) is 12.6 Å². The third-order valence-corrected chi connectivity index (χ3v) is 4.57. The summed E-state index contributed by atoms with van der Waals surface area (Å²) in [5.74, 6) is -0.0890. The van der Waals surface area contributed by atoms with Gasteiger partial charge in [-0.3, -0.25) is 9.59 Å². The quantitative estimate of drug-likeness (QED) is 0.707. The lowest BCUT2D eigenvalue weighted by Crippen LogP contribution is -2.49. The van der Waals surface area contributed by atoms with Gasteiger partial charge in [0.2, 0.25) is 11.8 Å². The van der Waals surface area contributed by atoms with Crippen molar-refractivity contribution in [2.45, 2.75) is 58.2 Å². The van der Waals surface area contributed by atoms with Crippen LogP contribution in [0, 0.1) is 5.92 Å². The van der Waals surface area contributed by atoms with Crippen molar-refractivity contribution in [2.75, 3.05) is 6.54 Å². The van der Waals surface area contributed by atoms with E-state index in [1.165, 1.54) is 6.08 Å².